The minimum absolute atomic E-state index is 0.0943. The summed E-state index contributed by atoms with van der Waals surface area (Å²) in [6.45, 7) is 7.24. The molecule has 0 amide bonds. The molecule has 1 aromatic heterocycles. The van der Waals surface area contributed by atoms with Gasteiger partial charge in [-0.1, -0.05) is 13.8 Å². The molecular weight excluding hydrogens is 236 g/mol. The molecule has 1 rings (SSSR count). The molecular formula is C12H22N2O2S. The van der Waals surface area contributed by atoms with Crippen LogP contribution in [-0.2, 0) is 11.2 Å². The van der Waals surface area contributed by atoms with Crippen LogP contribution < -0.4 is 5.32 Å². The molecule has 5 heteroatoms. The average Bonchev–Trinajstić information content (AvgIpc) is 2.77. The third-order valence-electron chi connectivity index (χ3n) is 2.34. The summed E-state index contributed by atoms with van der Waals surface area (Å²) in [7, 11) is 0. The van der Waals surface area contributed by atoms with Gasteiger partial charge in [0.15, 0.2) is 0 Å². The van der Waals surface area contributed by atoms with Crippen LogP contribution in [-0.4, -0.2) is 43.0 Å². The molecule has 0 saturated carbocycles. The van der Waals surface area contributed by atoms with Crippen molar-refractivity contribution in [3.8, 4) is 0 Å². The Kier molecular flexibility index (Phi) is 7.35. The van der Waals surface area contributed by atoms with Gasteiger partial charge in [0, 0.05) is 24.9 Å². The molecule has 0 atom stereocenters. The lowest BCUT2D eigenvalue weighted by molar-refractivity contribution is 0.0940. The van der Waals surface area contributed by atoms with E-state index in [-0.39, 0.29) is 6.61 Å². The van der Waals surface area contributed by atoms with E-state index in [1.807, 2.05) is 0 Å². The first kappa shape index (κ1) is 14.6. The highest BCUT2D eigenvalue weighted by atomic mass is 32.1. The van der Waals surface area contributed by atoms with Crippen LogP contribution in [0, 0.1) is 0 Å². The largest absolute Gasteiger partial charge is 0.394 e. The summed E-state index contributed by atoms with van der Waals surface area (Å²) in [4.78, 5) is 4.57. The monoisotopic (exact) mass is 258 g/mol. The van der Waals surface area contributed by atoms with Gasteiger partial charge in [0.1, 0.15) is 0 Å². The van der Waals surface area contributed by atoms with Crippen molar-refractivity contribution in [1.29, 1.82) is 0 Å². The normalized spacial score (nSPS) is 11.3. The van der Waals surface area contributed by atoms with Gasteiger partial charge in [-0.2, -0.15) is 0 Å². The molecule has 98 valence electrons. The summed E-state index contributed by atoms with van der Waals surface area (Å²) >= 11 is 1.73. The summed E-state index contributed by atoms with van der Waals surface area (Å²) in [6.07, 6.45) is 0.970. The molecule has 0 fully saturated rings. The Morgan fingerprint density at radius 1 is 1.41 bits per heavy atom. The topological polar surface area (TPSA) is 54.4 Å². The summed E-state index contributed by atoms with van der Waals surface area (Å²) in [5, 5.41) is 15.1. The van der Waals surface area contributed by atoms with E-state index < -0.39 is 0 Å². The Morgan fingerprint density at radius 3 is 2.88 bits per heavy atom. The Hall–Kier alpha value is -0.490. The maximum absolute atomic E-state index is 8.51. The first-order valence-corrected chi connectivity index (χ1v) is 6.95. The van der Waals surface area contributed by atoms with Gasteiger partial charge in [0.05, 0.1) is 30.5 Å². The number of ether oxygens (including phenoxy) is 1. The fraction of sp³-hybridized carbons (Fsp3) is 0.750. The van der Waals surface area contributed by atoms with Crippen molar-refractivity contribution in [3.63, 3.8) is 0 Å². The van der Waals surface area contributed by atoms with E-state index in [4.69, 9.17) is 9.84 Å². The Labute approximate surface area is 107 Å². The van der Waals surface area contributed by atoms with Gasteiger partial charge >= 0.3 is 0 Å². The van der Waals surface area contributed by atoms with Gasteiger partial charge in [-0.3, -0.25) is 0 Å². The van der Waals surface area contributed by atoms with Crippen LogP contribution in [0.25, 0.3) is 0 Å². The van der Waals surface area contributed by atoms with Crippen LogP contribution >= 0.6 is 11.3 Å². The summed E-state index contributed by atoms with van der Waals surface area (Å²) in [6, 6.07) is 0. The van der Waals surface area contributed by atoms with Crippen LogP contribution in [0.1, 0.15) is 30.5 Å². The number of hydrogen-bond acceptors (Lipinski definition) is 5. The molecule has 0 unspecified atom stereocenters. The smallest absolute Gasteiger partial charge is 0.0941 e. The zero-order valence-electron chi connectivity index (χ0n) is 10.6. The minimum atomic E-state index is 0.0943. The molecule has 0 saturated heterocycles. The summed E-state index contributed by atoms with van der Waals surface area (Å²) < 4.78 is 5.15. The van der Waals surface area contributed by atoms with Crippen LogP contribution in [0.15, 0.2) is 5.38 Å². The van der Waals surface area contributed by atoms with Gasteiger partial charge in [-0.15, -0.1) is 11.3 Å². The second kappa shape index (κ2) is 8.58. The number of nitrogens with zero attached hydrogens (tertiary/aromatic N) is 1. The zero-order valence-corrected chi connectivity index (χ0v) is 11.4. The van der Waals surface area contributed by atoms with Gasteiger partial charge in [-0.25, -0.2) is 4.98 Å². The first-order valence-electron chi connectivity index (χ1n) is 6.07. The van der Waals surface area contributed by atoms with E-state index in [9.17, 15) is 0 Å². The summed E-state index contributed by atoms with van der Waals surface area (Å²) in [5.41, 5.74) is 1.19. The van der Waals surface area contributed by atoms with Crippen LogP contribution in [0.3, 0.4) is 0 Å². The molecule has 1 aromatic rings. The lowest BCUT2D eigenvalue weighted by Gasteiger charge is -2.03. The second-order valence-corrected chi connectivity index (χ2v) is 5.10. The number of aliphatic hydroxyl groups is 1. The van der Waals surface area contributed by atoms with Crippen LogP contribution in [0.5, 0.6) is 0 Å². The molecule has 1 heterocycles. The van der Waals surface area contributed by atoms with Crippen molar-refractivity contribution < 1.29 is 9.84 Å². The quantitative estimate of drug-likeness (QED) is 0.658. The fourth-order valence-corrected chi connectivity index (χ4v) is 2.30. The van der Waals surface area contributed by atoms with E-state index in [1.54, 1.807) is 11.3 Å². The second-order valence-electron chi connectivity index (χ2n) is 4.16. The molecule has 17 heavy (non-hydrogen) atoms. The lowest BCUT2D eigenvalue weighted by Crippen LogP contribution is -2.22. The van der Waals surface area contributed by atoms with Crippen molar-refractivity contribution in [2.24, 2.45) is 0 Å². The number of aliphatic hydroxyl groups excluding tert-OH is 1. The number of thiazole rings is 1. The Bertz CT molecular complexity index is 302. The third kappa shape index (κ3) is 6.12. The predicted molar refractivity (Wildman–Crippen MR) is 70.7 cm³/mol. The molecule has 2 N–H and O–H groups in total. The standard InChI is InChI=1S/C12H22N2O2S/c1-10(2)11-9-17-12(14-11)3-4-13-5-7-16-8-6-15/h9-10,13,15H,3-8H2,1-2H3. The molecule has 0 radical (unpaired) electrons. The van der Waals surface area contributed by atoms with E-state index in [0.29, 0.717) is 19.1 Å². The zero-order chi connectivity index (χ0) is 12.5. The molecule has 0 aliphatic heterocycles. The Balaban J connectivity index is 2.05. The highest BCUT2D eigenvalue weighted by Crippen LogP contribution is 2.17. The SMILES string of the molecule is CC(C)c1csc(CCNCCOCCO)n1. The van der Waals surface area contributed by atoms with Gasteiger partial charge < -0.3 is 15.2 Å². The predicted octanol–water partition coefficient (Wildman–Crippen LogP) is 1.41. The fourth-order valence-electron chi connectivity index (χ4n) is 1.34. The van der Waals surface area contributed by atoms with Gasteiger partial charge in [0.25, 0.3) is 0 Å². The highest BCUT2D eigenvalue weighted by Gasteiger charge is 2.04. The van der Waals surface area contributed by atoms with Gasteiger partial charge in [0.2, 0.25) is 0 Å². The number of rotatable bonds is 9. The van der Waals surface area contributed by atoms with Crippen molar-refractivity contribution >= 4 is 11.3 Å². The minimum Gasteiger partial charge on any atom is -0.394 e. The average molecular weight is 258 g/mol. The van der Waals surface area contributed by atoms with E-state index in [2.05, 4.69) is 29.5 Å². The number of hydrogen-bond donors (Lipinski definition) is 2. The number of aromatic nitrogens is 1. The molecule has 4 nitrogen and oxygen atoms in total. The van der Waals surface area contributed by atoms with Gasteiger partial charge in [-0.05, 0) is 5.92 Å². The van der Waals surface area contributed by atoms with Crippen molar-refractivity contribution in [1.82, 2.24) is 10.3 Å². The molecule has 0 aliphatic carbocycles. The van der Waals surface area contributed by atoms with Crippen LogP contribution in [0.2, 0.25) is 0 Å². The summed E-state index contributed by atoms with van der Waals surface area (Å²) in [5.74, 6) is 0.514. The molecule has 0 aliphatic rings. The van der Waals surface area contributed by atoms with Crippen molar-refractivity contribution in [2.45, 2.75) is 26.2 Å². The number of nitrogens with one attached hydrogen (secondary N) is 1. The van der Waals surface area contributed by atoms with E-state index in [0.717, 1.165) is 19.5 Å². The first-order chi connectivity index (χ1) is 8.24. The molecule has 0 aromatic carbocycles. The highest BCUT2D eigenvalue weighted by molar-refractivity contribution is 7.09. The third-order valence-corrected chi connectivity index (χ3v) is 3.26. The molecule has 0 bridgehead atoms. The molecule has 0 spiro atoms. The van der Waals surface area contributed by atoms with E-state index >= 15 is 0 Å². The maximum atomic E-state index is 8.51. The van der Waals surface area contributed by atoms with Crippen molar-refractivity contribution in [3.05, 3.63) is 16.1 Å². The maximum Gasteiger partial charge on any atom is 0.0941 e. The van der Waals surface area contributed by atoms with E-state index in [1.165, 1.54) is 10.7 Å². The van der Waals surface area contributed by atoms with Crippen molar-refractivity contribution in [2.75, 3.05) is 32.9 Å². The Morgan fingerprint density at radius 2 is 2.24 bits per heavy atom. The van der Waals surface area contributed by atoms with Crippen LogP contribution in [0.4, 0.5) is 0 Å². The lowest BCUT2D eigenvalue weighted by atomic mass is 10.2.